The molecule has 3 N–H and O–H groups in total. The fourth-order valence-corrected chi connectivity index (χ4v) is 4.63. The molecule has 0 aliphatic carbocycles. The van der Waals surface area contributed by atoms with Crippen LogP contribution in [-0.2, 0) is 13.6 Å². The number of halogens is 1. The Kier molecular flexibility index (Phi) is 6.48. The number of nitriles is 1. The summed E-state index contributed by atoms with van der Waals surface area (Å²) in [6.07, 6.45) is 1.48. The fraction of sp³-hybridized carbons (Fsp3) is 0.143. The number of amides is 2. The van der Waals surface area contributed by atoms with Gasteiger partial charge in [0.25, 0.3) is 17.4 Å². The average molecular weight is 540 g/mol. The number of nitrogens with zero attached hydrogens (tertiary/aromatic N) is 5. The molecule has 0 unspecified atom stereocenters. The van der Waals surface area contributed by atoms with E-state index >= 15 is 0 Å². The first kappa shape index (κ1) is 26.1. The molecule has 0 aliphatic heterocycles. The van der Waals surface area contributed by atoms with Crippen LogP contribution in [0.5, 0.6) is 0 Å². The van der Waals surface area contributed by atoms with E-state index in [0.717, 1.165) is 4.74 Å². The number of aryl methyl sites for hydroxylation is 3. The molecule has 1 aromatic carbocycles. The van der Waals surface area contributed by atoms with Crippen molar-refractivity contribution in [2.45, 2.75) is 20.4 Å². The van der Waals surface area contributed by atoms with E-state index in [1.807, 2.05) is 29.7 Å². The normalized spacial score (nSPS) is 11.0. The summed E-state index contributed by atoms with van der Waals surface area (Å²) in [7, 11) is 1.42. The van der Waals surface area contributed by atoms with Gasteiger partial charge in [-0.3, -0.25) is 19.4 Å². The Morgan fingerprint density at radius 1 is 1.23 bits per heavy atom. The fourth-order valence-electron chi connectivity index (χ4n) is 4.63. The number of nitrogens with two attached hydrogens (primary N) is 1. The average Bonchev–Trinajstić information content (AvgIpc) is 3.45. The maximum Gasteiger partial charge on any atom is 0.291 e. The molecule has 0 fully saturated rings. The van der Waals surface area contributed by atoms with Gasteiger partial charge >= 0.3 is 0 Å². The summed E-state index contributed by atoms with van der Waals surface area (Å²) in [6, 6.07) is 12.9. The molecule has 4 aromatic heterocycles. The van der Waals surface area contributed by atoms with Crippen LogP contribution in [-0.4, -0.2) is 31.1 Å². The zero-order chi connectivity index (χ0) is 28.7. The smallest absolute Gasteiger partial charge is 0.291 e. The van der Waals surface area contributed by atoms with Gasteiger partial charge in [-0.25, -0.2) is 9.37 Å². The van der Waals surface area contributed by atoms with E-state index in [-0.39, 0.29) is 28.3 Å². The summed E-state index contributed by atoms with van der Waals surface area (Å²) < 4.78 is 22.8. The number of benzene rings is 1. The van der Waals surface area contributed by atoms with Gasteiger partial charge in [0.15, 0.2) is 11.5 Å². The molecular formula is C28H22FN7O4. The second kappa shape index (κ2) is 9.95. The van der Waals surface area contributed by atoms with E-state index in [1.54, 1.807) is 19.1 Å². The number of nitrogens with one attached hydrogen (secondary N) is 1. The monoisotopic (exact) mass is 539 g/mol. The number of fused-ring (bicyclic) bond motifs is 1. The molecule has 11 nitrogen and oxygen atoms in total. The number of carbonyl (C=O) groups excluding carboxylic acids is 2. The molecule has 200 valence electrons. The lowest BCUT2D eigenvalue weighted by Gasteiger charge is -2.12. The standard InChI is InChI=1S/C28H22FN7O4/c1-4-36-20(18-9-8-15(13-32-18)22-21(12-30)40-35(3)28(22)39)11-16-10-14(2)33-24(25(16)36)27(38)34-19-7-5-6-17(23(19)29)26(31)37/h5-11,13H,4H2,1-3H3,(H2,31,37)(H,34,38). The zero-order valence-electron chi connectivity index (χ0n) is 21.7. The van der Waals surface area contributed by atoms with Gasteiger partial charge < -0.3 is 20.1 Å². The molecule has 0 radical (unpaired) electrons. The number of anilines is 1. The lowest BCUT2D eigenvalue weighted by atomic mass is 10.1. The van der Waals surface area contributed by atoms with Crippen LogP contribution in [0.25, 0.3) is 33.4 Å². The van der Waals surface area contributed by atoms with E-state index in [9.17, 15) is 24.0 Å². The number of rotatable bonds is 6. The summed E-state index contributed by atoms with van der Waals surface area (Å²) in [5.74, 6) is -2.67. The molecule has 12 heteroatoms. The highest BCUT2D eigenvalue weighted by atomic mass is 19.1. The number of carbonyl (C=O) groups is 2. The molecule has 0 spiro atoms. The van der Waals surface area contributed by atoms with Crippen molar-refractivity contribution in [3.8, 4) is 28.6 Å². The SMILES string of the molecule is CCn1c(-c2ccc(-c3c(C#N)on(C)c3=O)cn2)cc2cc(C)nc(C(=O)Nc3cccc(C(N)=O)c3F)c21. The van der Waals surface area contributed by atoms with Gasteiger partial charge in [0.05, 0.1) is 28.2 Å². The lowest BCUT2D eigenvalue weighted by molar-refractivity contribution is 0.0991. The first-order chi connectivity index (χ1) is 19.1. The molecule has 0 saturated heterocycles. The van der Waals surface area contributed by atoms with Crippen LogP contribution in [0.4, 0.5) is 10.1 Å². The predicted octanol–water partition coefficient (Wildman–Crippen LogP) is 3.75. The molecule has 2 amide bonds. The third kappa shape index (κ3) is 4.29. The minimum absolute atomic E-state index is 0.0594. The van der Waals surface area contributed by atoms with Gasteiger partial charge in [-0.1, -0.05) is 12.1 Å². The summed E-state index contributed by atoms with van der Waals surface area (Å²) in [6.45, 7) is 4.07. The van der Waals surface area contributed by atoms with Crippen molar-refractivity contribution in [3.63, 3.8) is 0 Å². The minimum atomic E-state index is -0.954. The van der Waals surface area contributed by atoms with Crippen molar-refractivity contribution >= 4 is 28.4 Å². The van der Waals surface area contributed by atoms with Gasteiger partial charge in [0.2, 0.25) is 5.76 Å². The molecule has 0 aliphatic rings. The van der Waals surface area contributed by atoms with Gasteiger partial charge in [-0.15, -0.1) is 0 Å². The third-order valence-electron chi connectivity index (χ3n) is 6.42. The summed E-state index contributed by atoms with van der Waals surface area (Å²) in [5.41, 5.74) is 7.12. The molecule has 40 heavy (non-hydrogen) atoms. The first-order valence-electron chi connectivity index (χ1n) is 12.1. The van der Waals surface area contributed by atoms with Gasteiger partial charge in [0.1, 0.15) is 11.6 Å². The van der Waals surface area contributed by atoms with Crippen molar-refractivity contribution < 1.29 is 18.5 Å². The van der Waals surface area contributed by atoms with E-state index in [4.69, 9.17) is 10.3 Å². The number of aromatic nitrogens is 4. The van der Waals surface area contributed by atoms with Crippen LogP contribution in [0.3, 0.4) is 0 Å². The second-order valence-electron chi connectivity index (χ2n) is 8.95. The molecule has 5 aromatic rings. The Labute approximate surface area is 226 Å². The summed E-state index contributed by atoms with van der Waals surface area (Å²) >= 11 is 0. The molecule has 4 heterocycles. The first-order valence-corrected chi connectivity index (χ1v) is 12.1. The van der Waals surface area contributed by atoms with Crippen LogP contribution in [0.2, 0.25) is 0 Å². The molecular weight excluding hydrogens is 517 g/mol. The predicted molar refractivity (Wildman–Crippen MR) is 144 cm³/mol. The Morgan fingerprint density at radius 2 is 2.00 bits per heavy atom. The summed E-state index contributed by atoms with van der Waals surface area (Å²) in [5, 5.41) is 12.6. The summed E-state index contributed by atoms with van der Waals surface area (Å²) in [4.78, 5) is 46.3. The van der Waals surface area contributed by atoms with Crippen molar-refractivity contribution in [2.24, 2.45) is 12.8 Å². The van der Waals surface area contributed by atoms with Crippen molar-refractivity contribution in [2.75, 3.05) is 5.32 Å². The van der Waals surface area contributed by atoms with E-state index < -0.39 is 23.2 Å². The van der Waals surface area contributed by atoms with Crippen LogP contribution in [0, 0.1) is 24.1 Å². The highest BCUT2D eigenvalue weighted by Crippen LogP contribution is 2.31. The lowest BCUT2D eigenvalue weighted by Crippen LogP contribution is -2.19. The van der Waals surface area contributed by atoms with E-state index in [2.05, 4.69) is 15.3 Å². The van der Waals surface area contributed by atoms with Gasteiger partial charge in [-0.2, -0.15) is 10.0 Å². The molecule has 0 bridgehead atoms. The number of hydrogen-bond acceptors (Lipinski definition) is 7. The Balaban J connectivity index is 1.59. The second-order valence-corrected chi connectivity index (χ2v) is 8.95. The van der Waals surface area contributed by atoms with Crippen LogP contribution in [0.1, 0.15) is 39.2 Å². The minimum Gasteiger partial charge on any atom is -0.366 e. The Bertz CT molecular complexity index is 1930. The third-order valence-corrected chi connectivity index (χ3v) is 6.42. The van der Waals surface area contributed by atoms with Gasteiger partial charge in [-0.05, 0) is 44.2 Å². The van der Waals surface area contributed by atoms with Crippen molar-refractivity contribution in [1.82, 2.24) is 19.3 Å². The van der Waals surface area contributed by atoms with Crippen molar-refractivity contribution in [3.05, 3.63) is 87.5 Å². The van der Waals surface area contributed by atoms with Crippen LogP contribution in [0.15, 0.2) is 58.0 Å². The molecule has 0 atom stereocenters. The maximum absolute atomic E-state index is 14.8. The molecule has 0 saturated carbocycles. The highest BCUT2D eigenvalue weighted by molar-refractivity contribution is 6.12. The largest absolute Gasteiger partial charge is 0.366 e. The highest BCUT2D eigenvalue weighted by Gasteiger charge is 2.23. The molecule has 5 rings (SSSR count). The van der Waals surface area contributed by atoms with E-state index in [1.165, 1.54) is 31.4 Å². The van der Waals surface area contributed by atoms with Crippen LogP contribution < -0.4 is 16.6 Å². The van der Waals surface area contributed by atoms with Crippen LogP contribution >= 0.6 is 0 Å². The quantitative estimate of drug-likeness (QED) is 0.332. The number of primary amides is 1. The number of pyridine rings is 2. The van der Waals surface area contributed by atoms with E-state index in [0.29, 0.717) is 40.1 Å². The van der Waals surface area contributed by atoms with Gasteiger partial charge in [0, 0.05) is 36.4 Å². The topological polar surface area (TPSA) is 162 Å². The Morgan fingerprint density at radius 3 is 2.65 bits per heavy atom. The number of hydrogen-bond donors (Lipinski definition) is 2. The Hall–Kier alpha value is -5.57. The van der Waals surface area contributed by atoms with Crippen molar-refractivity contribution in [1.29, 1.82) is 5.26 Å². The maximum atomic E-state index is 14.8. The zero-order valence-corrected chi connectivity index (χ0v) is 21.7.